The molecule has 0 atom stereocenters. The van der Waals surface area contributed by atoms with Crippen LogP contribution in [0.15, 0.2) is 36.4 Å². The van der Waals surface area contributed by atoms with Crippen LogP contribution in [0.3, 0.4) is 0 Å². The Morgan fingerprint density at radius 1 is 1.00 bits per heavy atom. The van der Waals surface area contributed by atoms with Crippen LogP contribution in [0.25, 0.3) is 20.7 Å². The van der Waals surface area contributed by atoms with Crippen molar-refractivity contribution in [2.24, 2.45) is 0 Å². The van der Waals surface area contributed by atoms with Crippen LogP contribution in [0.4, 0.5) is 5.82 Å². The van der Waals surface area contributed by atoms with E-state index in [1.165, 1.54) is 34.4 Å². The highest BCUT2D eigenvalue weighted by Crippen LogP contribution is 2.37. The Morgan fingerprint density at radius 2 is 1.74 bits per heavy atom. The average molecular weight is 346 g/mol. The lowest BCUT2D eigenvalue weighted by atomic mass is 10.1. The number of piperidine rings is 1. The number of aromatic nitrogens is 2. The fourth-order valence-corrected chi connectivity index (χ4v) is 4.21. The van der Waals surface area contributed by atoms with Crippen molar-refractivity contribution in [2.45, 2.75) is 26.2 Å². The molecule has 0 spiro atoms. The molecule has 3 heterocycles. The predicted molar refractivity (Wildman–Crippen MR) is 101 cm³/mol. The van der Waals surface area contributed by atoms with E-state index < -0.39 is 0 Å². The quantitative estimate of drug-likeness (QED) is 0.648. The molecule has 2 aromatic heterocycles. The second-order valence-electron chi connectivity index (χ2n) is 5.83. The van der Waals surface area contributed by atoms with E-state index in [1.807, 2.05) is 18.3 Å². The SMILES string of the molecule is Cc1nc(N2CCCCC2)c2sc(-c3ccccc3)cc2n1.Cl. The summed E-state index contributed by atoms with van der Waals surface area (Å²) in [5, 5.41) is 0. The maximum absolute atomic E-state index is 4.76. The van der Waals surface area contributed by atoms with Crippen LogP contribution >= 0.6 is 23.7 Å². The Hall–Kier alpha value is -1.65. The van der Waals surface area contributed by atoms with Gasteiger partial charge < -0.3 is 4.90 Å². The van der Waals surface area contributed by atoms with Crippen molar-refractivity contribution in [3.63, 3.8) is 0 Å². The zero-order valence-electron chi connectivity index (χ0n) is 13.2. The van der Waals surface area contributed by atoms with Gasteiger partial charge >= 0.3 is 0 Å². The molecule has 1 aliphatic rings. The molecule has 0 aliphatic carbocycles. The van der Waals surface area contributed by atoms with Crippen LogP contribution in [0, 0.1) is 6.92 Å². The lowest BCUT2D eigenvalue weighted by molar-refractivity contribution is 0.574. The minimum atomic E-state index is 0. The molecule has 0 unspecified atom stereocenters. The van der Waals surface area contributed by atoms with E-state index in [0.717, 1.165) is 30.2 Å². The van der Waals surface area contributed by atoms with E-state index in [9.17, 15) is 0 Å². The minimum Gasteiger partial charge on any atom is -0.355 e. The maximum atomic E-state index is 4.76. The van der Waals surface area contributed by atoms with E-state index in [-0.39, 0.29) is 12.4 Å². The van der Waals surface area contributed by atoms with Gasteiger partial charge in [-0.1, -0.05) is 30.3 Å². The van der Waals surface area contributed by atoms with Crippen molar-refractivity contribution >= 4 is 39.8 Å². The first-order chi connectivity index (χ1) is 10.8. The largest absolute Gasteiger partial charge is 0.355 e. The summed E-state index contributed by atoms with van der Waals surface area (Å²) in [6, 6.07) is 12.7. The zero-order chi connectivity index (χ0) is 14.9. The molecule has 0 amide bonds. The molecule has 0 saturated carbocycles. The lowest BCUT2D eigenvalue weighted by Gasteiger charge is -2.28. The minimum absolute atomic E-state index is 0. The second-order valence-corrected chi connectivity index (χ2v) is 6.89. The van der Waals surface area contributed by atoms with Gasteiger partial charge in [-0.05, 0) is 37.8 Å². The molecular formula is C18H20ClN3S. The number of halogens is 1. The molecule has 1 aromatic carbocycles. The monoisotopic (exact) mass is 345 g/mol. The van der Waals surface area contributed by atoms with Crippen molar-refractivity contribution < 1.29 is 0 Å². The molecule has 3 aromatic rings. The molecule has 0 N–H and O–H groups in total. The highest BCUT2D eigenvalue weighted by molar-refractivity contribution is 7.22. The molecule has 1 aliphatic heterocycles. The number of fused-ring (bicyclic) bond motifs is 1. The number of benzene rings is 1. The Labute approximate surface area is 146 Å². The standard InChI is InChI=1S/C18H19N3S.ClH/c1-13-19-15-12-16(14-8-4-2-5-9-14)22-17(15)18(20-13)21-10-6-3-7-11-21;/h2,4-5,8-9,12H,3,6-7,10-11H2,1H3;1H. The molecule has 23 heavy (non-hydrogen) atoms. The zero-order valence-corrected chi connectivity index (χ0v) is 14.8. The van der Waals surface area contributed by atoms with Crippen molar-refractivity contribution in [1.29, 1.82) is 0 Å². The first-order valence-electron chi connectivity index (χ1n) is 7.90. The van der Waals surface area contributed by atoms with Gasteiger partial charge in [-0.15, -0.1) is 23.7 Å². The van der Waals surface area contributed by atoms with E-state index >= 15 is 0 Å². The molecule has 0 radical (unpaired) electrons. The summed E-state index contributed by atoms with van der Waals surface area (Å²) in [6.07, 6.45) is 3.87. The molecular weight excluding hydrogens is 326 g/mol. The maximum Gasteiger partial charge on any atom is 0.150 e. The Morgan fingerprint density at radius 3 is 2.48 bits per heavy atom. The topological polar surface area (TPSA) is 29.0 Å². The van der Waals surface area contributed by atoms with Crippen LogP contribution in [0.2, 0.25) is 0 Å². The van der Waals surface area contributed by atoms with E-state index in [2.05, 4.69) is 46.3 Å². The fraction of sp³-hybridized carbons (Fsp3) is 0.333. The molecule has 120 valence electrons. The average Bonchev–Trinajstić information content (AvgIpc) is 2.99. The van der Waals surface area contributed by atoms with Gasteiger partial charge in [-0.25, -0.2) is 9.97 Å². The fourth-order valence-electron chi connectivity index (χ4n) is 3.09. The first kappa shape index (κ1) is 16.2. The summed E-state index contributed by atoms with van der Waals surface area (Å²) in [4.78, 5) is 13.1. The highest BCUT2D eigenvalue weighted by atomic mass is 35.5. The van der Waals surface area contributed by atoms with Crippen LogP contribution in [0.5, 0.6) is 0 Å². The normalized spacial score (nSPS) is 14.7. The van der Waals surface area contributed by atoms with Gasteiger partial charge in [-0.2, -0.15) is 0 Å². The molecule has 1 fully saturated rings. The summed E-state index contributed by atoms with van der Waals surface area (Å²) in [5.41, 5.74) is 2.34. The van der Waals surface area contributed by atoms with Crippen molar-refractivity contribution in [3.8, 4) is 10.4 Å². The summed E-state index contributed by atoms with van der Waals surface area (Å²) < 4.78 is 1.23. The third-order valence-corrected chi connectivity index (χ3v) is 5.35. The van der Waals surface area contributed by atoms with Gasteiger partial charge in [0.15, 0.2) is 0 Å². The number of anilines is 1. The van der Waals surface area contributed by atoms with Crippen molar-refractivity contribution in [1.82, 2.24) is 9.97 Å². The van der Waals surface area contributed by atoms with Crippen LogP contribution in [-0.2, 0) is 0 Å². The van der Waals surface area contributed by atoms with Crippen LogP contribution in [0.1, 0.15) is 25.1 Å². The first-order valence-corrected chi connectivity index (χ1v) is 8.71. The number of hydrogen-bond acceptors (Lipinski definition) is 4. The molecule has 1 saturated heterocycles. The summed E-state index contributed by atoms with van der Waals surface area (Å²) in [5.74, 6) is 2.00. The Bertz CT molecular complexity index is 795. The number of thiophene rings is 1. The van der Waals surface area contributed by atoms with Gasteiger partial charge in [0, 0.05) is 18.0 Å². The highest BCUT2D eigenvalue weighted by Gasteiger charge is 2.18. The van der Waals surface area contributed by atoms with E-state index in [0.29, 0.717) is 0 Å². The summed E-state index contributed by atoms with van der Waals surface area (Å²) in [6.45, 7) is 4.22. The molecule has 0 bridgehead atoms. The van der Waals surface area contributed by atoms with Gasteiger partial charge in [0.25, 0.3) is 0 Å². The smallest absolute Gasteiger partial charge is 0.150 e. The molecule has 4 rings (SSSR count). The summed E-state index contributed by atoms with van der Waals surface area (Å²) >= 11 is 1.81. The third-order valence-electron chi connectivity index (χ3n) is 4.18. The van der Waals surface area contributed by atoms with Gasteiger partial charge in [0.1, 0.15) is 11.6 Å². The lowest BCUT2D eigenvalue weighted by Crippen LogP contribution is -2.30. The van der Waals surface area contributed by atoms with Gasteiger partial charge in [-0.3, -0.25) is 0 Å². The predicted octanol–water partition coefficient (Wildman–Crippen LogP) is 5.08. The number of rotatable bonds is 2. The third kappa shape index (κ3) is 3.19. The van der Waals surface area contributed by atoms with Gasteiger partial charge in [0.05, 0.1) is 10.2 Å². The van der Waals surface area contributed by atoms with Crippen molar-refractivity contribution in [2.75, 3.05) is 18.0 Å². The number of nitrogens with zero attached hydrogens (tertiary/aromatic N) is 3. The Balaban J connectivity index is 0.00000156. The number of hydrogen-bond donors (Lipinski definition) is 0. The van der Waals surface area contributed by atoms with Crippen molar-refractivity contribution in [3.05, 3.63) is 42.2 Å². The molecule has 5 heteroatoms. The number of aryl methyl sites for hydroxylation is 1. The Kier molecular flexibility index (Phi) is 4.83. The van der Waals surface area contributed by atoms with Crippen LogP contribution in [-0.4, -0.2) is 23.1 Å². The second kappa shape index (κ2) is 6.85. The molecule has 3 nitrogen and oxygen atoms in total. The summed E-state index contributed by atoms with van der Waals surface area (Å²) in [7, 11) is 0. The van der Waals surface area contributed by atoms with Gasteiger partial charge in [0.2, 0.25) is 0 Å². The van der Waals surface area contributed by atoms with Crippen LogP contribution < -0.4 is 4.90 Å². The van der Waals surface area contributed by atoms with E-state index in [4.69, 9.17) is 4.98 Å². The van der Waals surface area contributed by atoms with E-state index in [1.54, 1.807) is 0 Å².